The van der Waals surface area contributed by atoms with Crippen LogP contribution in [0.15, 0.2) is 24.3 Å². The average Bonchev–Trinajstić information content (AvgIpc) is 2.77. The van der Waals surface area contributed by atoms with E-state index in [1.54, 1.807) is 19.1 Å². The Morgan fingerprint density at radius 2 is 2.00 bits per heavy atom. The highest BCUT2D eigenvalue weighted by molar-refractivity contribution is 6.05. The number of carboxylic acids is 1. The number of carbonyl (C=O) groups is 4. The molecule has 26 heavy (non-hydrogen) atoms. The molecule has 1 aliphatic heterocycles. The van der Waals surface area contributed by atoms with Gasteiger partial charge in [-0.05, 0) is 24.6 Å². The van der Waals surface area contributed by atoms with Gasteiger partial charge in [-0.25, -0.2) is 4.79 Å². The lowest BCUT2D eigenvalue weighted by molar-refractivity contribution is -0.144. The van der Waals surface area contributed by atoms with E-state index in [0.717, 1.165) is 9.80 Å². The Labute approximate surface area is 149 Å². The molecular weight excluding hydrogens is 344 g/mol. The van der Waals surface area contributed by atoms with Crippen molar-refractivity contribution in [1.82, 2.24) is 9.80 Å². The van der Waals surface area contributed by atoms with Crippen molar-refractivity contribution >= 4 is 23.9 Å². The van der Waals surface area contributed by atoms with E-state index in [2.05, 4.69) is 0 Å². The Bertz CT molecular complexity index is 719. The van der Waals surface area contributed by atoms with Gasteiger partial charge >= 0.3 is 18.0 Å². The third-order valence-electron chi connectivity index (χ3n) is 3.88. The molecule has 1 atom stereocenters. The highest BCUT2D eigenvalue weighted by Crippen LogP contribution is 2.24. The van der Waals surface area contributed by atoms with E-state index in [4.69, 9.17) is 9.84 Å². The smallest absolute Gasteiger partial charge is 0.327 e. The maximum absolute atomic E-state index is 12.6. The molecule has 3 amide bonds. The van der Waals surface area contributed by atoms with Gasteiger partial charge in [0.25, 0.3) is 5.91 Å². The zero-order chi connectivity index (χ0) is 19.3. The maximum Gasteiger partial charge on any atom is 0.327 e. The van der Waals surface area contributed by atoms with Gasteiger partial charge < -0.3 is 19.8 Å². The van der Waals surface area contributed by atoms with Crippen molar-refractivity contribution in [2.24, 2.45) is 0 Å². The van der Waals surface area contributed by atoms with Crippen LogP contribution < -0.4 is 0 Å². The molecule has 1 aromatic carbocycles. The summed E-state index contributed by atoms with van der Waals surface area (Å²) in [5.74, 6) is -2.44. The fourth-order valence-electron chi connectivity index (χ4n) is 2.73. The van der Waals surface area contributed by atoms with Gasteiger partial charge in [0.1, 0.15) is 11.8 Å². The number of hydrogen-bond acceptors (Lipinski definition) is 6. The van der Waals surface area contributed by atoms with Crippen molar-refractivity contribution in [2.75, 3.05) is 13.2 Å². The molecule has 1 saturated heterocycles. The monoisotopic (exact) mass is 364 g/mol. The number of imide groups is 1. The summed E-state index contributed by atoms with van der Waals surface area (Å²) >= 11 is 0. The predicted octanol–water partition coefficient (Wildman–Crippen LogP) is 0.953. The summed E-state index contributed by atoms with van der Waals surface area (Å²) in [6, 6.07) is 4.28. The molecule has 9 heteroatoms. The van der Waals surface area contributed by atoms with Crippen molar-refractivity contribution in [3.63, 3.8) is 0 Å². The molecule has 0 saturated carbocycles. The van der Waals surface area contributed by atoms with E-state index in [9.17, 15) is 24.3 Å². The van der Waals surface area contributed by atoms with Crippen molar-refractivity contribution in [2.45, 2.75) is 32.4 Å². The molecule has 1 aliphatic rings. The normalized spacial score (nSPS) is 16.9. The zero-order valence-electron chi connectivity index (χ0n) is 14.3. The zero-order valence-corrected chi connectivity index (χ0v) is 14.3. The number of aliphatic carboxylic acids is 1. The second kappa shape index (κ2) is 8.32. The Kier molecular flexibility index (Phi) is 6.16. The molecule has 1 aromatic rings. The molecule has 0 aliphatic carbocycles. The Hall–Kier alpha value is -3.10. The number of aromatic hydroxyl groups is 1. The van der Waals surface area contributed by atoms with E-state index >= 15 is 0 Å². The van der Waals surface area contributed by atoms with Crippen molar-refractivity contribution in [1.29, 1.82) is 0 Å². The van der Waals surface area contributed by atoms with E-state index in [1.807, 2.05) is 0 Å². The van der Waals surface area contributed by atoms with Crippen LogP contribution in [0.25, 0.3) is 0 Å². The van der Waals surface area contributed by atoms with Gasteiger partial charge in [0.05, 0.1) is 19.4 Å². The SMILES string of the molecule is CCOC(=O)CCN1C(=O)[C@H](CC(=O)O)N(Cc2cccc(O)c2)C1=O. The molecule has 0 unspecified atom stereocenters. The minimum Gasteiger partial charge on any atom is -0.508 e. The number of rotatable bonds is 8. The highest BCUT2D eigenvalue weighted by atomic mass is 16.5. The van der Waals surface area contributed by atoms with Gasteiger partial charge in [0.15, 0.2) is 0 Å². The first-order valence-electron chi connectivity index (χ1n) is 8.10. The second-order valence-electron chi connectivity index (χ2n) is 5.74. The lowest BCUT2D eigenvalue weighted by atomic mass is 10.1. The molecule has 140 valence electrons. The van der Waals surface area contributed by atoms with Crippen LogP contribution in [0.2, 0.25) is 0 Å². The van der Waals surface area contributed by atoms with Crippen LogP contribution in [0.1, 0.15) is 25.3 Å². The summed E-state index contributed by atoms with van der Waals surface area (Å²) in [5.41, 5.74) is 0.550. The first-order valence-corrected chi connectivity index (χ1v) is 8.10. The van der Waals surface area contributed by atoms with Crippen LogP contribution in [0.5, 0.6) is 5.75 Å². The second-order valence-corrected chi connectivity index (χ2v) is 5.74. The van der Waals surface area contributed by atoms with Gasteiger partial charge in [-0.3, -0.25) is 19.3 Å². The molecule has 2 rings (SSSR count). The van der Waals surface area contributed by atoms with Gasteiger partial charge in [-0.2, -0.15) is 0 Å². The predicted molar refractivity (Wildman–Crippen MR) is 88.0 cm³/mol. The molecule has 1 fully saturated rings. The fraction of sp³-hybridized carbons (Fsp3) is 0.412. The summed E-state index contributed by atoms with van der Waals surface area (Å²) in [6.45, 7) is 1.62. The minimum absolute atomic E-state index is 0.00516. The number of ether oxygens (including phenoxy) is 1. The van der Waals surface area contributed by atoms with E-state index in [-0.39, 0.29) is 31.9 Å². The number of carbonyl (C=O) groups excluding carboxylic acids is 3. The third kappa shape index (κ3) is 4.50. The highest BCUT2D eigenvalue weighted by Gasteiger charge is 2.45. The summed E-state index contributed by atoms with van der Waals surface area (Å²) in [4.78, 5) is 49.7. The van der Waals surface area contributed by atoms with Gasteiger partial charge in [0, 0.05) is 13.1 Å². The number of phenolic OH excluding ortho intramolecular Hbond substituents is 1. The largest absolute Gasteiger partial charge is 0.508 e. The molecule has 1 heterocycles. The maximum atomic E-state index is 12.6. The molecule has 9 nitrogen and oxygen atoms in total. The molecule has 0 radical (unpaired) electrons. The lowest BCUT2D eigenvalue weighted by Crippen LogP contribution is -2.36. The Morgan fingerprint density at radius 3 is 2.62 bits per heavy atom. The van der Waals surface area contributed by atoms with E-state index in [0.29, 0.717) is 5.56 Å². The fourth-order valence-corrected chi connectivity index (χ4v) is 2.73. The Morgan fingerprint density at radius 1 is 1.27 bits per heavy atom. The molecule has 0 aromatic heterocycles. The molecule has 0 spiro atoms. The number of nitrogens with zero attached hydrogens (tertiary/aromatic N) is 2. The van der Waals surface area contributed by atoms with Crippen LogP contribution >= 0.6 is 0 Å². The van der Waals surface area contributed by atoms with Gasteiger partial charge in [0.2, 0.25) is 0 Å². The van der Waals surface area contributed by atoms with E-state index < -0.39 is 36.3 Å². The molecule has 2 N–H and O–H groups in total. The Balaban J connectivity index is 2.17. The topological polar surface area (TPSA) is 124 Å². The number of phenols is 1. The molecule has 0 bridgehead atoms. The van der Waals surface area contributed by atoms with Crippen LogP contribution in [0, 0.1) is 0 Å². The first-order chi connectivity index (χ1) is 12.3. The summed E-state index contributed by atoms with van der Waals surface area (Å²) in [6.07, 6.45) is -0.704. The summed E-state index contributed by atoms with van der Waals surface area (Å²) < 4.78 is 4.78. The number of benzene rings is 1. The van der Waals surface area contributed by atoms with Gasteiger partial charge in [-0.1, -0.05) is 12.1 Å². The number of urea groups is 1. The van der Waals surface area contributed by atoms with Crippen LogP contribution in [-0.2, 0) is 25.7 Å². The van der Waals surface area contributed by atoms with Crippen LogP contribution in [0.3, 0.4) is 0 Å². The first kappa shape index (κ1) is 19.2. The number of amides is 3. The number of esters is 1. The van der Waals surface area contributed by atoms with Crippen LogP contribution in [-0.4, -0.2) is 63.1 Å². The standard InChI is InChI=1S/C17H20N2O7/c1-2-26-15(23)6-7-18-16(24)13(9-14(21)22)19(17(18)25)10-11-4-3-5-12(20)8-11/h3-5,8,13,20H,2,6-7,9-10H2,1H3,(H,21,22)/t13-/m0/s1. The van der Waals surface area contributed by atoms with Crippen molar-refractivity contribution in [3.05, 3.63) is 29.8 Å². The van der Waals surface area contributed by atoms with E-state index in [1.165, 1.54) is 12.1 Å². The van der Waals surface area contributed by atoms with Crippen molar-refractivity contribution in [3.8, 4) is 5.75 Å². The lowest BCUT2D eigenvalue weighted by Gasteiger charge is -2.21. The number of hydrogen-bond donors (Lipinski definition) is 2. The molecular formula is C17H20N2O7. The summed E-state index contributed by atoms with van der Waals surface area (Å²) in [5, 5.41) is 18.6. The minimum atomic E-state index is -1.22. The summed E-state index contributed by atoms with van der Waals surface area (Å²) in [7, 11) is 0. The average molecular weight is 364 g/mol. The van der Waals surface area contributed by atoms with Crippen molar-refractivity contribution < 1.29 is 34.1 Å². The van der Waals surface area contributed by atoms with Gasteiger partial charge in [-0.15, -0.1) is 0 Å². The number of carboxylic acid groups (broad SMARTS) is 1. The quantitative estimate of drug-likeness (QED) is 0.520. The third-order valence-corrected chi connectivity index (χ3v) is 3.88. The van der Waals surface area contributed by atoms with Crippen LogP contribution in [0.4, 0.5) is 4.79 Å².